The van der Waals surface area contributed by atoms with Crippen LogP contribution in [0.2, 0.25) is 0 Å². The van der Waals surface area contributed by atoms with Crippen molar-refractivity contribution in [3.63, 3.8) is 0 Å². The Labute approximate surface area is 101 Å². The van der Waals surface area contributed by atoms with E-state index < -0.39 is 28.3 Å². The van der Waals surface area contributed by atoms with Crippen LogP contribution < -0.4 is 5.32 Å². The van der Waals surface area contributed by atoms with E-state index in [0.717, 1.165) is 25.7 Å². The molecule has 1 aliphatic rings. The van der Waals surface area contributed by atoms with Gasteiger partial charge in [-0.1, -0.05) is 19.3 Å². The van der Waals surface area contributed by atoms with Crippen molar-refractivity contribution in [3.8, 4) is 0 Å². The standard InChI is InChI=1S/C10H19F2NO3S/c11-10(12,8-17(14,15)16)7-13-6-9-4-2-1-3-5-9/h9,13H,1-8H2,(H,14,15,16). The van der Waals surface area contributed by atoms with Gasteiger partial charge in [-0.15, -0.1) is 0 Å². The molecule has 2 N–H and O–H groups in total. The predicted octanol–water partition coefficient (Wildman–Crippen LogP) is 1.68. The molecule has 0 bridgehead atoms. The first kappa shape index (κ1) is 14.8. The molecule has 0 aromatic carbocycles. The molecule has 0 heterocycles. The van der Waals surface area contributed by atoms with Gasteiger partial charge in [0.1, 0.15) is 5.75 Å². The summed E-state index contributed by atoms with van der Waals surface area (Å²) in [6, 6.07) is 0. The molecule has 1 rings (SSSR count). The third kappa shape index (κ3) is 6.90. The summed E-state index contributed by atoms with van der Waals surface area (Å²) in [5.41, 5.74) is 0. The monoisotopic (exact) mass is 271 g/mol. The molecular formula is C10H19F2NO3S. The Bertz CT molecular complexity index is 326. The Hall–Kier alpha value is -0.270. The summed E-state index contributed by atoms with van der Waals surface area (Å²) in [5.74, 6) is -4.52. The average Bonchev–Trinajstić information content (AvgIpc) is 2.15. The maximum atomic E-state index is 13.1. The van der Waals surface area contributed by atoms with E-state index in [1.54, 1.807) is 0 Å². The summed E-state index contributed by atoms with van der Waals surface area (Å²) in [6.07, 6.45) is 5.55. The highest BCUT2D eigenvalue weighted by Crippen LogP contribution is 2.23. The SMILES string of the molecule is O=S(=O)(O)CC(F)(F)CNCC1CCCCC1. The first-order chi connectivity index (χ1) is 7.79. The fourth-order valence-electron chi connectivity index (χ4n) is 2.17. The van der Waals surface area contributed by atoms with Crippen LogP contribution in [-0.4, -0.2) is 37.7 Å². The molecule has 4 nitrogen and oxygen atoms in total. The van der Waals surface area contributed by atoms with E-state index in [0.29, 0.717) is 12.5 Å². The number of hydrogen-bond acceptors (Lipinski definition) is 3. The Balaban J connectivity index is 2.24. The molecular weight excluding hydrogens is 252 g/mol. The Morgan fingerprint density at radius 2 is 1.82 bits per heavy atom. The number of halogens is 2. The van der Waals surface area contributed by atoms with E-state index in [9.17, 15) is 17.2 Å². The first-order valence-electron chi connectivity index (χ1n) is 5.82. The van der Waals surface area contributed by atoms with Gasteiger partial charge >= 0.3 is 0 Å². The number of rotatable bonds is 6. The van der Waals surface area contributed by atoms with Crippen LogP contribution in [0.15, 0.2) is 0 Å². The molecule has 0 radical (unpaired) electrons. The van der Waals surface area contributed by atoms with Crippen LogP contribution in [0.3, 0.4) is 0 Å². The van der Waals surface area contributed by atoms with E-state index in [4.69, 9.17) is 4.55 Å². The van der Waals surface area contributed by atoms with Crippen LogP contribution in [0.1, 0.15) is 32.1 Å². The van der Waals surface area contributed by atoms with Crippen molar-refractivity contribution in [1.29, 1.82) is 0 Å². The van der Waals surface area contributed by atoms with Crippen molar-refractivity contribution in [2.24, 2.45) is 5.92 Å². The molecule has 0 saturated heterocycles. The highest BCUT2D eigenvalue weighted by Gasteiger charge is 2.34. The summed E-state index contributed by atoms with van der Waals surface area (Å²) in [6.45, 7) is -0.218. The largest absolute Gasteiger partial charge is 0.311 e. The van der Waals surface area contributed by atoms with Gasteiger partial charge < -0.3 is 5.32 Å². The maximum Gasteiger partial charge on any atom is 0.276 e. The topological polar surface area (TPSA) is 66.4 Å². The normalized spacial score (nSPS) is 19.5. The van der Waals surface area contributed by atoms with E-state index in [1.807, 2.05) is 0 Å². The highest BCUT2D eigenvalue weighted by atomic mass is 32.2. The lowest BCUT2D eigenvalue weighted by molar-refractivity contribution is 0.0238. The van der Waals surface area contributed by atoms with Crippen LogP contribution >= 0.6 is 0 Å². The number of alkyl halides is 2. The van der Waals surface area contributed by atoms with Crippen molar-refractivity contribution in [2.75, 3.05) is 18.8 Å². The first-order valence-corrected chi connectivity index (χ1v) is 7.43. The molecule has 0 aromatic rings. The Kier molecular flexibility index (Phi) is 5.27. The molecule has 102 valence electrons. The smallest absolute Gasteiger partial charge is 0.276 e. The van der Waals surface area contributed by atoms with Crippen molar-refractivity contribution in [1.82, 2.24) is 5.32 Å². The third-order valence-electron chi connectivity index (χ3n) is 2.93. The lowest BCUT2D eigenvalue weighted by Crippen LogP contribution is -2.40. The fraction of sp³-hybridized carbons (Fsp3) is 1.00. The van der Waals surface area contributed by atoms with Crippen LogP contribution in [0, 0.1) is 5.92 Å². The molecule has 0 aromatic heterocycles. The average molecular weight is 271 g/mol. The van der Waals surface area contributed by atoms with Crippen LogP contribution in [-0.2, 0) is 10.1 Å². The van der Waals surface area contributed by atoms with Crippen LogP contribution in [0.25, 0.3) is 0 Å². The molecule has 1 saturated carbocycles. The van der Waals surface area contributed by atoms with Gasteiger partial charge in [0.2, 0.25) is 0 Å². The zero-order valence-corrected chi connectivity index (χ0v) is 10.5. The summed E-state index contributed by atoms with van der Waals surface area (Å²) in [4.78, 5) is 0. The van der Waals surface area contributed by atoms with E-state index in [2.05, 4.69) is 5.32 Å². The Morgan fingerprint density at radius 3 is 2.35 bits per heavy atom. The van der Waals surface area contributed by atoms with Gasteiger partial charge in [-0.3, -0.25) is 4.55 Å². The van der Waals surface area contributed by atoms with Crippen molar-refractivity contribution < 1.29 is 21.8 Å². The lowest BCUT2D eigenvalue weighted by atomic mass is 9.89. The molecule has 17 heavy (non-hydrogen) atoms. The predicted molar refractivity (Wildman–Crippen MR) is 60.8 cm³/mol. The van der Waals surface area contributed by atoms with Crippen molar-refractivity contribution in [3.05, 3.63) is 0 Å². The molecule has 0 aliphatic heterocycles. The third-order valence-corrected chi connectivity index (χ3v) is 3.72. The van der Waals surface area contributed by atoms with Gasteiger partial charge in [0, 0.05) is 0 Å². The van der Waals surface area contributed by atoms with Gasteiger partial charge in [-0.2, -0.15) is 8.42 Å². The zero-order valence-electron chi connectivity index (χ0n) is 9.66. The van der Waals surface area contributed by atoms with Gasteiger partial charge in [-0.25, -0.2) is 8.78 Å². The van der Waals surface area contributed by atoms with Gasteiger partial charge in [0.05, 0.1) is 6.54 Å². The second-order valence-electron chi connectivity index (χ2n) is 4.72. The quantitative estimate of drug-likeness (QED) is 0.721. The summed E-state index contributed by atoms with van der Waals surface area (Å²) >= 11 is 0. The fourth-order valence-corrected chi connectivity index (χ4v) is 2.80. The van der Waals surface area contributed by atoms with E-state index in [-0.39, 0.29) is 0 Å². The highest BCUT2D eigenvalue weighted by molar-refractivity contribution is 7.85. The lowest BCUT2D eigenvalue weighted by Gasteiger charge is -2.23. The van der Waals surface area contributed by atoms with Crippen molar-refractivity contribution in [2.45, 2.75) is 38.0 Å². The second kappa shape index (κ2) is 6.06. The molecule has 0 amide bonds. The minimum atomic E-state index is -4.63. The minimum absolute atomic E-state index is 0.408. The molecule has 1 aliphatic carbocycles. The Morgan fingerprint density at radius 1 is 1.24 bits per heavy atom. The van der Waals surface area contributed by atoms with Gasteiger partial charge in [0.15, 0.2) is 0 Å². The van der Waals surface area contributed by atoms with E-state index in [1.165, 1.54) is 6.42 Å². The maximum absolute atomic E-state index is 13.1. The summed E-state index contributed by atoms with van der Waals surface area (Å²) < 4.78 is 55.2. The molecule has 0 atom stereocenters. The van der Waals surface area contributed by atoms with Crippen LogP contribution in [0.5, 0.6) is 0 Å². The number of hydrogen-bond donors (Lipinski definition) is 2. The van der Waals surface area contributed by atoms with Crippen LogP contribution in [0.4, 0.5) is 8.78 Å². The van der Waals surface area contributed by atoms with E-state index >= 15 is 0 Å². The molecule has 0 spiro atoms. The number of nitrogens with one attached hydrogen (secondary N) is 1. The zero-order chi connectivity index (χ0) is 12.9. The summed E-state index contributed by atoms with van der Waals surface area (Å²) in [5, 5.41) is 2.59. The van der Waals surface area contributed by atoms with Gasteiger partial charge in [-0.05, 0) is 25.3 Å². The van der Waals surface area contributed by atoms with Crippen molar-refractivity contribution >= 4 is 10.1 Å². The minimum Gasteiger partial charge on any atom is -0.311 e. The molecule has 1 fully saturated rings. The summed E-state index contributed by atoms with van der Waals surface area (Å²) in [7, 11) is -4.63. The molecule has 7 heteroatoms. The second-order valence-corrected chi connectivity index (χ2v) is 6.17. The molecule has 0 unspecified atom stereocenters. The van der Waals surface area contributed by atoms with Gasteiger partial charge in [0.25, 0.3) is 16.0 Å².